The molecule has 8 nitrogen and oxygen atoms in total. The monoisotopic (exact) mass is 619 g/mol. The van der Waals surface area contributed by atoms with E-state index in [1.807, 2.05) is 30.3 Å². The maximum Gasteiger partial charge on any atom is 0.335 e. The number of anilines is 1. The van der Waals surface area contributed by atoms with Crippen LogP contribution >= 0.6 is 11.3 Å². The first-order valence-corrected chi connectivity index (χ1v) is 14.8. The van der Waals surface area contributed by atoms with Crippen molar-refractivity contribution in [3.8, 4) is 5.75 Å². The molecule has 0 radical (unpaired) electrons. The number of aromatic carboxylic acids is 1. The van der Waals surface area contributed by atoms with E-state index in [1.54, 1.807) is 61.5 Å². The molecule has 10 heteroatoms. The molecule has 6 rings (SSSR count). The van der Waals surface area contributed by atoms with Gasteiger partial charge in [0.25, 0.3) is 11.5 Å². The Kier molecular flexibility index (Phi) is 8.22. The number of nitrogens with one attached hydrogen (secondary N) is 1. The Hall–Kier alpha value is -5.61. The number of thiazole rings is 1. The number of rotatable bonds is 8. The Morgan fingerprint density at radius 2 is 1.67 bits per heavy atom. The van der Waals surface area contributed by atoms with Crippen molar-refractivity contribution in [1.82, 2.24) is 4.57 Å². The molecule has 0 saturated heterocycles. The summed E-state index contributed by atoms with van der Waals surface area (Å²) in [6.45, 7) is 1.99. The minimum absolute atomic E-state index is 0.208. The van der Waals surface area contributed by atoms with Crippen LogP contribution in [0.15, 0.2) is 124 Å². The molecule has 2 N–H and O–H groups in total. The summed E-state index contributed by atoms with van der Waals surface area (Å²) in [4.78, 5) is 43.6. The van der Waals surface area contributed by atoms with Gasteiger partial charge in [0.05, 0.1) is 27.4 Å². The molecule has 1 aliphatic rings. The molecule has 5 aromatic rings. The minimum Gasteiger partial charge on any atom is -0.489 e. The Morgan fingerprint density at radius 1 is 0.978 bits per heavy atom. The van der Waals surface area contributed by atoms with Gasteiger partial charge in [-0.2, -0.15) is 0 Å². The van der Waals surface area contributed by atoms with Crippen LogP contribution in [-0.2, 0) is 11.4 Å². The second-order valence-electron chi connectivity index (χ2n) is 10.3. The SMILES string of the molecule is CC1=C(C(=O)Nc2ccccc2)[C@@H](c2ccc(F)cc2)n2c(s/c(=C/c3ccc(OCc4ccc(C(=O)O)cc4)cc3)c2=O)=N1. The van der Waals surface area contributed by atoms with E-state index in [2.05, 4.69) is 10.3 Å². The van der Waals surface area contributed by atoms with Gasteiger partial charge in [-0.25, -0.2) is 14.2 Å². The summed E-state index contributed by atoms with van der Waals surface area (Å²) >= 11 is 1.21. The van der Waals surface area contributed by atoms with E-state index >= 15 is 0 Å². The fourth-order valence-electron chi connectivity index (χ4n) is 5.01. The summed E-state index contributed by atoms with van der Waals surface area (Å²) in [6, 6.07) is 27.6. The van der Waals surface area contributed by atoms with Crippen LogP contribution in [0.4, 0.5) is 10.1 Å². The van der Waals surface area contributed by atoms with E-state index < -0.39 is 23.7 Å². The fourth-order valence-corrected chi connectivity index (χ4v) is 6.06. The van der Waals surface area contributed by atoms with Crippen molar-refractivity contribution in [2.45, 2.75) is 19.6 Å². The normalized spacial score (nSPS) is 14.4. The highest BCUT2D eigenvalue weighted by Gasteiger charge is 2.32. The van der Waals surface area contributed by atoms with Crippen LogP contribution in [0.5, 0.6) is 5.75 Å². The molecular formula is C35H26FN3O5S. The van der Waals surface area contributed by atoms with Crippen LogP contribution in [0.1, 0.15) is 40.0 Å². The quantitative estimate of drug-likeness (QED) is 0.245. The first-order valence-electron chi connectivity index (χ1n) is 14.0. The second-order valence-corrected chi connectivity index (χ2v) is 11.3. The van der Waals surface area contributed by atoms with Crippen molar-refractivity contribution in [3.63, 3.8) is 0 Å². The van der Waals surface area contributed by atoms with Gasteiger partial charge in [-0.05, 0) is 78.2 Å². The summed E-state index contributed by atoms with van der Waals surface area (Å²) in [6.07, 6.45) is 1.75. The van der Waals surface area contributed by atoms with Gasteiger partial charge in [-0.15, -0.1) is 0 Å². The number of allylic oxidation sites excluding steroid dienone is 1. The number of carboxylic acid groups (broad SMARTS) is 1. The third-order valence-corrected chi connectivity index (χ3v) is 8.25. The first-order chi connectivity index (χ1) is 21.8. The number of carboxylic acids is 1. The number of ether oxygens (including phenoxy) is 1. The summed E-state index contributed by atoms with van der Waals surface area (Å²) in [5.41, 5.74) is 3.41. The zero-order valence-electron chi connectivity index (χ0n) is 23.9. The molecule has 1 aromatic heterocycles. The van der Waals surface area contributed by atoms with Crippen LogP contribution in [0.2, 0.25) is 0 Å². The topological polar surface area (TPSA) is 110 Å². The van der Waals surface area contributed by atoms with Crippen LogP contribution in [-0.4, -0.2) is 21.6 Å². The van der Waals surface area contributed by atoms with Gasteiger partial charge in [0.1, 0.15) is 18.2 Å². The third-order valence-electron chi connectivity index (χ3n) is 7.27. The van der Waals surface area contributed by atoms with Crippen molar-refractivity contribution in [3.05, 3.63) is 162 Å². The highest BCUT2D eigenvalue weighted by molar-refractivity contribution is 7.07. The van der Waals surface area contributed by atoms with Crippen LogP contribution in [0.3, 0.4) is 0 Å². The number of fused-ring (bicyclic) bond motifs is 1. The average molecular weight is 620 g/mol. The predicted molar refractivity (Wildman–Crippen MR) is 169 cm³/mol. The molecule has 224 valence electrons. The molecule has 45 heavy (non-hydrogen) atoms. The number of carbonyl (C=O) groups is 2. The Bertz CT molecular complexity index is 2100. The molecular weight excluding hydrogens is 593 g/mol. The molecule has 4 aromatic carbocycles. The molecule has 2 heterocycles. The van der Waals surface area contributed by atoms with Crippen molar-refractivity contribution in [1.29, 1.82) is 0 Å². The molecule has 0 aliphatic carbocycles. The molecule has 0 unspecified atom stereocenters. The van der Waals surface area contributed by atoms with Crippen LogP contribution in [0.25, 0.3) is 6.08 Å². The number of hydrogen-bond acceptors (Lipinski definition) is 6. The fraction of sp³-hybridized carbons (Fsp3) is 0.0857. The number of aromatic nitrogens is 1. The number of carbonyl (C=O) groups excluding carboxylic acids is 1. The number of nitrogens with zero attached hydrogens (tertiary/aromatic N) is 2. The highest BCUT2D eigenvalue weighted by atomic mass is 32.1. The van der Waals surface area contributed by atoms with Gasteiger partial charge in [0.15, 0.2) is 4.80 Å². The van der Waals surface area contributed by atoms with Gasteiger partial charge in [0, 0.05) is 5.69 Å². The Labute approximate surface area is 260 Å². The van der Waals surface area contributed by atoms with Crippen LogP contribution < -0.4 is 24.9 Å². The summed E-state index contributed by atoms with van der Waals surface area (Å²) < 4.78 is 21.6. The zero-order chi connectivity index (χ0) is 31.5. The van der Waals surface area contributed by atoms with E-state index in [4.69, 9.17) is 9.84 Å². The van der Waals surface area contributed by atoms with Crippen molar-refractivity contribution in [2.24, 2.45) is 4.99 Å². The highest BCUT2D eigenvalue weighted by Crippen LogP contribution is 2.31. The first kappa shape index (κ1) is 29.5. The van der Waals surface area contributed by atoms with E-state index in [0.717, 1.165) is 11.1 Å². The largest absolute Gasteiger partial charge is 0.489 e. The van der Waals surface area contributed by atoms with Crippen molar-refractivity contribution >= 4 is 35.0 Å². The molecule has 0 spiro atoms. The van der Waals surface area contributed by atoms with Gasteiger partial charge in [-0.1, -0.05) is 65.9 Å². The lowest BCUT2D eigenvalue weighted by molar-refractivity contribution is -0.113. The maximum absolute atomic E-state index is 13.9. The standard InChI is InChI=1S/C35H26FN3O5S/c1-21-30(32(40)38-27-5-3-2-4-6-27)31(24-13-15-26(36)16-14-24)39-33(41)29(45-35(39)37-21)19-22-9-17-28(18-10-22)44-20-23-7-11-25(12-8-23)34(42)43/h2-19,31H,20H2,1H3,(H,38,40)(H,42,43)/b29-19+/t31-/m1/s1. The molecule has 1 atom stereocenters. The third kappa shape index (κ3) is 6.36. The molecule has 1 aliphatic heterocycles. The smallest absolute Gasteiger partial charge is 0.335 e. The Balaban J connectivity index is 1.30. The molecule has 1 amide bonds. The second kappa shape index (κ2) is 12.6. The molecule has 0 bridgehead atoms. The number of hydrogen-bond donors (Lipinski definition) is 2. The van der Waals surface area contributed by atoms with Gasteiger partial charge < -0.3 is 15.2 Å². The lowest BCUT2D eigenvalue weighted by Crippen LogP contribution is -2.40. The van der Waals surface area contributed by atoms with E-state index in [-0.39, 0.29) is 17.7 Å². The number of para-hydroxylation sites is 1. The van der Waals surface area contributed by atoms with Crippen molar-refractivity contribution in [2.75, 3.05) is 5.32 Å². The van der Waals surface area contributed by atoms with E-state index in [1.165, 1.54) is 40.2 Å². The number of halogens is 1. The maximum atomic E-state index is 13.9. The summed E-state index contributed by atoms with van der Waals surface area (Å²) in [5, 5.41) is 12.0. The number of benzene rings is 4. The lowest BCUT2D eigenvalue weighted by atomic mass is 9.95. The predicted octanol–water partition coefficient (Wildman–Crippen LogP) is 5.29. The van der Waals surface area contributed by atoms with Crippen LogP contribution in [0, 0.1) is 5.82 Å². The Morgan fingerprint density at radius 3 is 2.33 bits per heavy atom. The number of amides is 1. The van der Waals surface area contributed by atoms with Gasteiger partial charge >= 0.3 is 5.97 Å². The summed E-state index contributed by atoms with van der Waals surface area (Å²) in [7, 11) is 0. The van der Waals surface area contributed by atoms with Gasteiger partial charge in [-0.3, -0.25) is 14.2 Å². The van der Waals surface area contributed by atoms with Gasteiger partial charge in [0.2, 0.25) is 0 Å². The van der Waals surface area contributed by atoms with Crippen molar-refractivity contribution < 1.29 is 23.8 Å². The van der Waals surface area contributed by atoms with E-state index in [9.17, 15) is 18.8 Å². The molecule has 0 fully saturated rings. The summed E-state index contributed by atoms with van der Waals surface area (Å²) in [5.74, 6) is -1.21. The minimum atomic E-state index is -0.986. The zero-order valence-corrected chi connectivity index (χ0v) is 24.8. The average Bonchev–Trinajstić information content (AvgIpc) is 3.34. The lowest BCUT2D eigenvalue weighted by Gasteiger charge is -2.25. The van der Waals surface area contributed by atoms with E-state index in [0.29, 0.717) is 37.6 Å². The molecule has 0 saturated carbocycles.